The maximum absolute atomic E-state index is 12.5. The van der Waals surface area contributed by atoms with Crippen LogP contribution in [-0.4, -0.2) is 19.7 Å². The summed E-state index contributed by atoms with van der Waals surface area (Å²) in [5, 5.41) is 4.28. The van der Waals surface area contributed by atoms with Crippen LogP contribution >= 0.6 is 0 Å². The molecule has 0 amide bonds. The van der Waals surface area contributed by atoms with E-state index in [2.05, 4.69) is 11.9 Å². The van der Waals surface area contributed by atoms with Crippen LogP contribution in [-0.2, 0) is 0 Å². The molecular formula is C18H17NO3. The molecule has 0 unspecified atom stereocenters. The molecule has 1 N–H and O–H groups in total. The average molecular weight is 295 g/mol. The molecule has 0 aliphatic heterocycles. The predicted octanol–water partition coefficient (Wildman–Crippen LogP) is 3.10. The zero-order valence-electron chi connectivity index (χ0n) is 12.2. The Kier molecular flexibility index (Phi) is 4.21. The number of benzene rings is 2. The molecule has 1 heterocycles. The van der Waals surface area contributed by atoms with Gasteiger partial charge in [-0.3, -0.25) is 4.79 Å². The number of para-hydroxylation sites is 1. The van der Waals surface area contributed by atoms with E-state index < -0.39 is 0 Å². The Morgan fingerprint density at radius 3 is 2.82 bits per heavy atom. The zero-order valence-corrected chi connectivity index (χ0v) is 12.2. The minimum absolute atomic E-state index is 0.0351. The standard InChI is InChI=1S/C18H17NO3/c1-2-9-19-10-11-21-13-7-8-17-15(12-13)18(20)14-5-3-4-6-16(14)22-17/h2-8,12,19H,1,9-11H2. The van der Waals surface area contributed by atoms with Crippen molar-refractivity contribution in [1.82, 2.24) is 5.32 Å². The highest BCUT2D eigenvalue weighted by molar-refractivity contribution is 5.90. The largest absolute Gasteiger partial charge is 0.492 e. The summed E-state index contributed by atoms with van der Waals surface area (Å²) in [7, 11) is 0. The van der Waals surface area contributed by atoms with Gasteiger partial charge in [-0.05, 0) is 30.3 Å². The molecule has 0 atom stereocenters. The van der Waals surface area contributed by atoms with E-state index in [4.69, 9.17) is 9.15 Å². The Morgan fingerprint density at radius 2 is 1.95 bits per heavy atom. The van der Waals surface area contributed by atoms with E-state index in [1.165, 1.54) is 0 Å². The van der Waals surface area contributed by atoms with Crippen LogP contribution in [0.3, 0.4) is 0 Å². The molecule has 4 heteroatoms. The van der Waals surface area contributed by atoms with Crippen LogP contribution in [0.2, 0.25) is 0 Å². The second-order valence-corrected chi connectivity index (χ2v) is 4.93. The summed E-state index contributed by atoms with van der Waals surface area (Å²) in [6, 6.07) is 12.6. The van der Waals surface area contributed by atoms with Gasteiger partial charge in [0.05, 0.1) is 10.8 Å². The van der Waals surface area contributed by atoms with Crippen LogP contribution in [0.15, 0.2) is 64.3 Å². The molecule has 0 saturated heterocycles. The number of hydrogen-bond acceptors (Lipinski definition) is 4. The molecule has 0 aliphatic carbocycles. The van der Waals surface area contributed by atoms with Crippen molar-refractivity contribution in [2.45, 2.75) is 0 Å². The molecule has 0 fully saturated rings. The van der Waals surface area contributed by atoms with Crippen molar-refractivity contribution in [3.8, 4) is 5.75 Å². The number of ether oxygens (including phenoxy) is 1. The Balaban J connectivity index is 1.89. The fraction of sp³-hybridized carbons (Fsp3) is 0.167. The lowest BCUT2D eigenvalue weighted by molar-refractivity contribution is 0.317. The molecular weight excluding hydrogens is 278 g/mol. The first-order valence-electron chi connectivity index (χ1n) is 7.19. The van der Waals surface area contributed by atoms with Gasteiger partial charge in [-0.1, -0.05) is 18.2 Å². The third-order valence-corrected chi connectivity index (χ3v) is 3.38. The molecule has 2 aromatic carbocycles. The summed E-state index contributed by atoms with van der Waals surface area (Å²) >= 11 is 0. The molecule has 1 aromatic heterocycles. The predicted molar refractivity (Wildman–Crippen MR) is 88.6 cm³/mol. The third-order valence-electron chi connectivity index (χ3n) is 3.38. The minimum Gasteiger partial charge on any atom is -0.492 e. The van der Waals surface area contributed by atoms with Gasteiger partial charge in [0.25, 0.3) is 0 Å². The molecule has 22 heavy (non-hydrogen) atoms. The second-order valence-electron chi connectivity index (χ2n) is 4.93. The molecule has 112 valence electrons. The first-order valence-corrected chi connectivity index (χ1v) is 7.19. The van der Waals surface area contributed by atoms with Crippen molar-refractivity contribution in [2.75, 3.05) is 19.7 Å². The van der Waals surface area contributed by atoms with Gasteiger partial charge in [-0.2, -0.15) is 0 Å². The molecule has 3 aromatic rings. The number of fused-ring (bicyclic) bond motifs is 2. The van der Waals surface area contributed by atoms with Gasteiger partial charge in [-0.15, -0.1) is 6.58 Å². The summed E-state index contributed by atoms with van der Waals surface area (Å²) in [5.74, 6) is 0.662. The van der Waals surface area contributed by atoms with Gasteiger partial charge >= 0.3 is 0 Å². The summed E-state index contributed by atoms with van der Waals surface area (Å²) in [4.78, 5) is 12.5. The molecule has 0 spiro atoms. The Hall–Kier alpha value is -2.59. The van der Waals surface area contributed by atoms with Crippen molar-refractivity contribution in [1.29, 1.82) is 0 Å². The van der Waals surface area contributed by atoms with Crippen LogP contribution in [0, 0.1) is 0 Å². The van der Waals surface area contributed by atoms with Crippen molar-refractivity contribution in [2.24, 2.45) is 0 Å². The lowest BCUT2D eigenvalue weighted by Gasteiger charge is -2.07. The van der Waals surface area contributed by atoms with Crippen molar-refractivity contribution in [3.63, 3.8) is 0 Å². The highest BCUT2D eigenvalue weighted by Crippen LogP contribution is 2.22. The number of rotatable bonds is 6. The summed E-state index contributed by atoms with van der Waals surface area (Å²) in [6.07, 6.45) is 1.80. The van der Waals surface area contributed by atoms with Gasteiger partial charge in [0.2, 0.25) is 5.43 Å². The Bertz CT molecular complexity index is 867. The van der Waals surface area contributed by atoms with E-state index in [0.29, 0.717) is 34.3 Å². The van der Waals surface area contributed by atoms with Crippen LogP contribution in [0.4, 0.5) is 0 Å². The topological polar surface area (TPSA) is 51.5 Å². The monoisotopic (exact) mass is 295 g/mol. The minimum atomic E-state index is -0.0351. The van der Waals surface area contributed by atoms with E-state index in [-0.39, 0.29) is 5.43 Å². The smallest absolute Gasteiger partial charge is 0.200 e. The van der Waals surface area contributed by atoms with E-state index in [0.717, 1.165) is 13.1 Å². The van der Waals surface area contributed by atoms with Gasteiger partial charge in [0.1, 0.15) is 23.5 Å². The van der Waals surface area contributed by atoms with Crippen molar-refractivity contribution < 1.29 is 9.15 Å². The Morgan fingerprint density at radius 1 is 1.14 bits per heavy atom. The summed E-state index contributed by atoms with van der Waals surface area (Å²) in [5.41, 5.74) is 1.13. The fourth-order valence-electron chi connectivity index (χ4n) is 2.32. The zero-order chi connectivity index (χ0) is 15.4. The highest BCUT2D eigenvalue weighted by Gasteiger charge is 2.08. The number of nitrogens with one attached hydrogen (secondary N) is 1. The number of hydrogen-bond donors (Lipinski definition) is 1. The van der Waals surface area contributed by atoms with E-state index in [1.807, 2.05) is 18.2 Å². The van der Waals surface area contributed by atoms with Crippen LogP contribution in [0.25, 0.3) is 21.9 Å². The van der Waals surface area contributed by atoms with Crippen molar-refractivity contribution >= 4 is 21.9 Å². The van der Waals surface area contributed by atoms with Gasteiger partial charge < -0.3 is 14.5 Å². The highest BCUT2D eigenvalue weighted by atomic mass is 16.5. The maximum atomic E-state index is 12.5. The lowest BCUT2D eigenvalue weighted by Crippen LogP contribution is -2.20. The van der Waals surface area contributed by atoms with E-state index >= 15 is 0 Å². The first kappa shape index (κ1) is 14.4. The van der Waals surface area contributed by atoms with Gasteiger partial charge in [-0.25, -0.2) is 0 Å². The molecule has 0 aliphatic rings. The first-order chi connectivity index (χ1) is 10.8. The van der Waals surface area contributed by atoms with E-state index in [9.17, 15) is 4.79 Å². The molecule has 0 saturated carbocycles. The van der Waals surface area contributed by atoms with Crippen LogP contribution < -0.4 is 15.5 Å². The van der Waals surface area contributed by atoms with Crippen molar-refractivity contribution in [3.05, 3.63) is 65.3 Å². The fourth-order valence-corrected chi connectivity index (χ4v) is 2.32. The normalized spacial score (nSPS) is 10.9. The van der Waals surface area contributed by atoms with Crippen LogP contribution in [0.1, 0.15) is 0 Å². The molecule has 4 nitrogen and oxygen atoms in total. The Labute approximate surface area is 128 Å². The third kappa shape index (κ3) is 2.87. The van der Waals surface area contributed by atoms with Gasteiger partial charge in [0, 0.05) is 13.1 Å². The molecule has 0 radical (unpaired) electrons. The maximum Gasteiger partial charge on any atom is 0.200 e. The van der Waals surface area contributed by atoms with Crippen LogP contribution in [0.5, 0.6) is 5.75 Å². The average Bonchev–Trinajstić information content (AvgIpc) is 2.55. The summed E-state index contributed by atoms with van der Waals surface area (Å²) in [6.45, 7) is 5.63. The summed E-state index contributed by atoms with van der Waals surface area (Å²) < 4.78 is 11.4. The lowest BCUT2D eigenvalue weighted by atomic mass is 10.1. The molecule has 3 rings (SSSR count). The second kappa shape index (κ2) is 6.45. The van der Waals surface area contributed by atoms with Gasteiger partial charge in [0.15, 0.2) is 0 Å². The quantitative estimate of drug-likeness (QED) is 0.431. The SMILES string of the molecule is C=CCNCCOc1ccc2oc3ccccc3c(=O)c2c1. The molecule has 0 bridgehead atoms. The van der Waals surface area contributed by atoms with E-state index in [1.54, 1.807) is 30.3 Å².